The first-order valence-electron chi connectivity index (χ1n) is 8.73. The predicted octanol–water partition coefficient (Wildman–Crippen LogP) is 2.71. The van der Waals surface area contributed by atoms with Crippen LogP contribution in [0.3, 0.4) is 0 Å². The van der Waals surface area contributed by atoms with E-state index in [4.69, 9.17) is 0 Å². The van der Waals surface area contributed by atoms with E-state index in [9.17, 15) is 13.9 Å². The molecule has 0 bridgehead atoms. The second-order valence-electron chi connectivity index (χ2n) is 7.05. The van der Waals surface area contributed by atoms with Crippen LogP contribution in [0.15, 0.2) is 24.3 Å². The van der Waals surface area contributed by atoms with Crippen molar-refractivity contribution in [3.8, 4) is 5.75 Å². The van der Waals surface area contributed by atoms with Gasteiger partial charge in [-0.1, -0.05) is 18.6 Å². The molecular weight excluding hydrogens is 314 g/mol. The molecule has 3 rings (SSSR count). The van der Waals surface area contributed by atoms with E-state index >= 15 is 0 Å². The van der Waals surface area contributed by atoms with Crippen LogP contribution < -0.4 is 4.74 Å². The highest BCUT2D eigenvalue weighted by Gasteiger charge is 2.37. The highest BCUT2D eigenvalue weighted by molar-refractivity contribution is 5.28. The van der Waals surface area contributed by atoms with E-state index in [1.807, 2.05) is 6.07 Å². The number of alkyl halides is 2. The Morgan fingerprint density at radius 1 is 1.12 bits per heavy atom. The second kappa shape index (κ2) is 7.76. The van der Waals surface area contributed by atoms with Crippen molar-refractivity contribution < 1.29 is 18.6 Å². The van der Waals surface area contributed by atoms with Crippen molar-refractivity contribution in [1.82, 2.24) is 9.80 Å². The van der Waals surface area contributed by atoms with Crippen molar-refractivity contribution in [2.75, 3.05) is 32.7 Å². The molecule has 0 radical (unpaired) electrons. The van der Waals surface area contributed by atoms with Crippen LogP contribution in [0.2, 0.25) is 0 Å². The molecule has 0 aromatic heterocycles. The van der Waals surface area contributed by atoms with E-state index in [-0.39, 0.29) is 5.75 Å². The number of nitrogens with zero attached hydrogens (tertiary/aromatic N) is 2. The Kier molecular flexibility index (Phi) is 5.69. The number of ether oxygens (including phenoxy) is 1. The molecule has 2 aliphatic heterocycles. The SMILES string of the molecule is OC1(CN2CCCCC2)CCN(Cc2cccc(OC(F)F)c2)C1. The van der Waals surface area contributed by atoms with Crippen LogP contribution in [-0.4, -0.2) is 59.8 Å². The molecule has 2 heterocycles. The second-order valence-corrected chi connectivity index (χ2v) is 7.05. The Bertz CT molecular complexity index is 538. The van der Waals surface area contributed by atoms with Gasteiger partial charge in [0.05, 0.1) is 5.60 Å². The number of halogens is 2. The van der Waals surface area contributed by atoms with Gasteiger partial charge in [0.2, 0.25) is 0 Å². The van der Waals surface area contributed by atoms with Crippen LogP contribution in [0.1, 0.15) is 31.2 Å². The van der Waals surface area contributed by atoms with Crippen molar-refractivity contribution in [2.24, 2.45) is 0 Å². The fraction of sp³-hybridized carbons (Fsp3) is 0.667. The molecule has 1 N–H and O–H groups in total. The van der Waals surface area contributed by atoms with Crippen molar-refractivity contribution in [3.05, 3.63) is 29.8 Å². The summed E-state index contributed by atoms with van der Waals surface area (Å²) in [5, 5.41) is 10.9. The summed E-state index contributed by atoms with van der Waals surface area (Å²) in [6.07, 6.45) is 4.49. The molecule has 2 aliphatic rings. The Labute approximate surface area is 142 Å². The monoisotopic (exact) mass is 340 g/mol. The summed E-state index contributed by atoms with van der Waals surface area (Å²) < 4.78 is 29.1. The third-order valence-electron chi connectivity index (χ3n) is 4.91. The van der Waals surface area contributed by atoms with E-state index < -0.39 is 12.2 Å². The van der Waals surface area contributed by atoms with E-state index in [1.54, 1.807) is 12.1 Å². The summed E-state index contributed by atoms with van der Waals surface area (Å²) in [6.45, 7) is 2.18. The van der Waals surface area contributed by atoms with E-state index in [2.05, 4.69) is 14.5 Å². The molecule has 0 spiro atoms. The van der Waals surface area contributed by atoms with Gasteiger partial charge >= 0.3 is 6.61 Å². The average molecular weight is 340 g/mol. The van der Waals surface area contributed by atoms with Gasteiger partial charge in [0.25, 0.3) is 0 Å². The maximum Gasteiger partial charge on any atom is 0.387 e. The minimum absolute atomic E-state index is 0.185. The van der Waals surface area contributed by atoms with Crippen LogP contribution in [0.25, 0.3) is 0 Å². The van der Waals surface area contributed by atoms with Gasteiger partial charge in [0.15, 0.2) is 0 Å². The van der Waals surface area contributed by atoms with Gasteiger partial charge in [-0.2, -0.15) is 8.78 Å². The molecule has 134 valence electrons. The molecule has 0 aliphatic carbocycles. The van der Waals surface area contributed by atoms with Crippen LogP contribution in [0, 0.1) is 0 Å². The normalized spacial score (nSPS) is 26.2. The minimum atomic E-state index is -2.80. The van der Waals surface area contributed by atoms with E-state index in [1.165, 1.54) is 25.3 Å². The van der Waals surface area contributed by atoms with Crippen LogP contribution in [0.5, 0.6) is 5.75 Å². The molecule has 1 aromatic carbocycles. The van der Waals surface area contributed by atoms with E-state index in [0.29, 0.717) is 13.1 Å². The molecule has 1 unspecified atom stereocenters. The molecule has 2 fully saturated rings. The summed E-state index contributed by atoms with van der Waals surface area (Å²) >= 11 is 0. The van der Waals surface area contributed by atoms with Crippen molar-refractivity contribution in [2.45, 2.75) is 44.4 Å². The third kappa shape index (κ3) is 4.88. The van der Waals surface area contributed by atoms with Gasteiger partial charge in [-0.15, -0.1) is 0 Å². The lowest BCUT2D eigenvalue weighted by molar-refractivity contribution is -0.0499. The molecule has 6 heteroatoms. The van der Waals surface area contributed by atoms with Gasteiger partial charge in [0.1, 0.15) is 5.75 Å². The van der Waals surface area contributed by atoms with E-state index in [0.717, 1.165) is 38.2 Å². The number of β-amino-alcohol motifs (C(OH)–C–C–N with tert-alkyl or cyclic N) is 1. The number of piperidine rings is 1. The van der Waals surface area contributed by atoms with Crippen LogP contribution in [-0.2, 0) is 6.54 Å². The smallest absolute Gasteiger partial charge is 0.387 e. The van der Waals surface area contributed by atoms with Crippen LogP contribution in [0.4, 0.5) is 8.78 Å². The molecule has 4 nitrogen and oxygen atoms in total. The highest BCUT2D eigenvalue weighted by atomic mass is 19.3. The number of likely N-dealkylation sites (tertiary alicyclic amines) is 2. The Morgan fingerprint density at radius 2 is 1.92 bits per heavy atom. The Hall–Kier alpha value is -1.24. The maximum absolute atomic E-state index is 12.3. The number of hydrogen-bond donors (Lipinski definition) is 1. The average Bonchev–Trinajstić information content (AvgIpc) is 2.88. The number of hydrogen-bond acceptors (Lipinski definition) is 4. The zero-order chi connectivity index (χ0) is 17.0. The molecule has 24 heavy (non-hydrogen) atoms. The lowest BCUT2D eigenvalue weighted by Gasteiger charge is -2.33. The minimum Gasteiger partial charge on any atom is -0.435 e. The molecule has 1 atom stereocenters. The molecule has 0 saturated carbocycles. The van der Waals surface area contributed by atoms with Gasteiger partial charge in [-0.05, 0) is 50.0 Å². The summed E-state index contributed by atoms with van der Waals surface area (Å²) in [5.74, 6) is 0.185. The first-order chi connectivity index (χ1) is 11.5. The Balaban J connectivity index is 1.53. The molecular formula is C18H26F2N2O2. The van der Waals surface area contributed by atoms with Crippen LogP contribution >= 0.6 is 0 Å². The Morgan fingerprint density at radius 3 is 2.67 bits per heavy atom. The largest absolute Gasteiger partial charge is 0.435 e. The first kappa shape index (κ1) is 17.6. The molecule has 2 saturated heterocycles. The molecule has 1 aromatic rings. The van der Waals surface area contributed by atoms with Crippen molar-refractivity contribution >= 4 is 0 Å². The van der Waals surface area contributed by atoms with Gasteiger partial charge in [0, 0.05) is 26.2 Å². The zero-order valence-corrected chi connectivity index (χ0v) is 14.0. The lowest BCUT2D eigenvalue weighted by atomic mass is 10.0. The molecule has 0 amide bonds. The first-order valence-corrected chi connectivity index (χ1v) is 8.73. The number of aliphatic hydroxyl groups is 1. The lowest BCUT2D eigenvalue weighted by Crippen LogP contribution is -2.46. The van der Waals surface area contributed by atoms with Gasteiger partial charge < -0.3 is 14.7 Å². The summed E-state index contributed by atoms with van der Waals surface area (Å²) in [4.78, 5) is 4.55. The summed E-state index contributed by atoms with van der Waals surface area (Å²) in [7, 11) is 0. The summed E-state index contributed by atoms with van der Waals surface area (Å²) in [6, 6.07) is 6.81. The summed E-state index contributed by atoms with van der Waals surface area (Å²) in [5.41, 5.74) is 0.268. The third-order valence-corrected chi connectivity index (χ3v) is 4.91. The predicted molar refractivity (Wildman–Crippen MR) is 88.2 cm³/mol. The maximum atomic E-state index is 12.3. The topological polar surface area (TPSA) is 35.9 Å². The highest BCUT2D eigenvalue weighted by Crippen LogP contribution is 2.26. The fourth-order valence-electron chi connectivity index (χ4n) is 3.82. The number of rotatable bonds is 6. The fourth-order valence-corrected chi connectivity index (χ4v) is 3.82. The van der Waals surface area contributed by atoms with Gasteiger partial charge in [-0.3, -0.25) is 4.90 Å². The van der Waals surface area contributed by atoms with Gasteiger partial charge in [-0.25, -0.2) is 0 Å². The van der Waals surface area contributed by atoms with Crippen molar-refractivity contribution in [3.63, 3.8) is 0 Å². The standard InChI is InChI=1S/C18H26F2N2O2/c19-17(20)24-16-6-4-5-15(11-16)12-22-10-7-18(23,14-22)13-21-8-2-1-3-9-21/h4-6,11,17,23H,1-3,7-10,12-14H2. The quantitative estimate of drug-likeness (QED) is 0.864. The van der Waals surface area contributed by atoms with Crippen molar-refractivity contribution in [1.29, 1.82) is 0 Å². The number of benzene rings is 1. The zero-order valence-electron chi connectivity index (χ0n) is 14.0.